The first-order chi connectivity index (χ1) is 11.9. The highest BCUT2D eigenvalue weighted by Crippen LogP contribution is 2.18. The van der Waals surface area contributed by atoms with E-state index in [1.165, 1.54) is 0 Å². The molecule has 0 radical (unpaired) electrons. The molecule has 0 bridgehead atoms. The zero-order valence-corrected chi connectivity index (χ0v) is 14.7. The summed E-state index contributed by atoms with van der Waals surface area (Å²) in [6, 6.07) is 17.7. The third kappa shape index (κ3) is 5.62. The minimum Gasteiger partial charge on any atom is -0.352 e. The number of nitrogens with zero attached hydrogens (tertiary/aromatic N) is 2. The van der Waals surface area contributed by atoms with E-state index in [0.717, 1.165) is 16.1 Å². The zero-order valence-electron chi connectivity index (χ0n) is 13.8. The molecule has 2 aromatic rings. The monoisotopic (exact) mass is 357 g/mol. The maximum Gasteiger partial charge on any atom is 0.232 e. The number of hydrogen-bond donors (Lipinski definition) is 1. The minimum atomic E-state index is -3.53. The van der Waals surface area contributed by atoms with Crippen LogP contribution in [0.25, 0.3) is 0 Å². The molecule has 25 heavy (non-hydrogen) atoms. The Morgan fingerprint density at radius 1 is 1.12 bits per heavy atom. The molecule has 0 saturated heterocycles. The molecule has 0 aliphatic rings. The van der Waals surface area contributed by atoms with Gasteiger partial charge in [-0.2, -0.15) is 5.26 Å². The van der Waals surface area contributed by atoms with E-state index in [4.69, 9.17) is 5.26 Å². The van der Waals surface area contributed by atoms with E-state index in [9.17, 15) is 13.2 Å². The van der Waals surface area contributed by atoms with Crippen LogP contribution >= 0.6 is 0 Å². The number of carbonyl (C=O) groups is 1. The Balaban J connectivity index is 1.98. The third-order valence-electron chi connectivity index (χ3n) is 3.56. The van der Waals surface area contributed by atoms with Crippen LogP contribution in [0.3, 0.4) is 0 Å². The van der Waals surface area contributed by atoms with Crippen LogP contribution in [-0.4, -0.2) is 27.1 Å². The quantitative estimate of drug-likeness (QED) is 0.821. The Morgan fingerprint density at radius 3 is 2.32 bits per heavy atom. The fourth-order valence-electron chi connectivity index (χ4n) is 2.28. The van der Waals surface area contributed by atoms with Gasteiger partial charge in [0.25, 0.3) is 0 Å². The fraction of sp³-hybridized carbons (Fsp3) is 0.222. The van der Waals surface area contributed by atoms with Crippen LogP contribution in [0.15, 0.2) is 54.6 Å². The molecule has 0 unspecified atom stereocenters. The maximum atomic E-state index is 12.0. The Kier molecular flexibility index (Phi) is 6.14. The molecule has 0 spiro atoms. The zero-order chi connectivity index (χ0) is 18.3. The van der Waals surface area contributed by atoms with E-state index >= 15 is 0 Å². The highest BCUT2D eigenvalue weighted by molar-refractivity contribution is 7.92. The second-order valence-corrected chi connectivity index (χ2v) is 7.41. The molecular formula is C18H19N3O3S. The van der Waals surface area contributed by atoms with Crippen molar-refractivity contribution >= 4 is 21.6 Å². The average molecular weight is 357 g/mol. The summed E-state index contributed by atoms with van der Waals surface area (Å²) in [7, 11) is -3.53. The lowest BCUT2D eigenvalue weighted by molar-refractivity contribution is -0.121. The lowest BCUT2D eigenvalue weighted by Crippen LogP contribution is -2.34. The summed E-state index contributed by atoms with van der Waals surface area (Å²) in [4.78, 5) is 12.0. The Morgan fingerprint density at radius 2 is 1.76 bits per heavy atom. The summed E-state index contributed by atoms with van der Waals surface area (Å²) in [5.41, 5.74) is 1.85. The molecule has 0 atom stereocenters. The Labute approximate surface area is 147 Å². The molecule has 2 rings (SSSR count). The van der Waals surface area contributed by atoms with Crippen molar-refractivity contribution in [2.24, 2.45) is 0 Å². The van der Waals surface area contributed by atoms with Crippen LogP contribution < -0.4 is 9.62 Å². The van der Waals surface area contributed by atoms with Crippen LogP contribution in [0.5, 0.6) is 0 Å². The predicted octanol–water partition coefficient (Wildman–Crippen LogP) is 2.03. The van der Waals surface area contributed by atoms with Gasteiger partial charge in [-0.05, 0) is 29.8 Å². The normalized spacial score (nSPS) is 10.7. The van der Waals surface area contributed by atoms with Crippen molar-refractivity contribution < 1.29 is 13.2 Å². The van der Waals surface area contributed by atoms with Crippen LogP contribution in [0.4, 0.5) is 5.69 Å². The second kappa shape index (κ2) is 8.31. The summed E-state index contributed by atoms with van der Waals surface area (Å²) >= 11 is 0. The van der Waals surface area contributed by atoms with Gasteiger partial charge in [-0.15, -0.1) is 0 Å². The van der Waals surface area contributed by atoms with Gasteiger partial charge < -0.3 is 5.32 Å². The fourth-order valence-corrected chi connectivity index (χ4v) is 3.20. The number of anilines is 1. The van der Waals surface area contributed by atoms with Gasteiger partial charge in [0.05, 0.1) is 23.6 Å². The van der Waals surface area contributed by atoms with Crippen molar-refractivity contribution in [3.8, 4) is 6.07 Å². The van der Waals surface area contributed by atoms with Crippen molar-refractivity contribution in [3.63, 3.8) is 0 Å². The largest absolute Gasteiger partial charge is 0.352 e. The number of nitriles is 1. The van der Waals surface area contributed by atoms with Crippen molar-refractivity contribution in [1.82, 2.24) is 5.32 Å². The molecule has 7 heteroatoms. The Bertz CT molecular complexity index is 857. The first kappa shape index (κ1) is 18.5. The summed E-state index contributed by atoms with van der Waals surface area (Å²) in [5.74, 6) is -0.230. The molecule has 1 N–H and O–H groups in total. The lowest BCUT2D eigenvalue weighted by Gasteiger charge is -2.22. The molecule has 0 aromatic heterocycles. The van der Waals surface area contributed by atoms with Crippen LogP contribution in [-0.2, 0) is 21.4 Å². The smallest absolute Gasteiger partial charge is 0.232 e. The summed E-state index contributed by atoms with van der Waals surface area (Å²) in [5, 5.41) is 11.6. The summed E-state index contributed by atoms with van der Waals surface area (Å²) < 4.78 is 25.2. The second-order valence-electron chi connectivity index (χ2n) is 5.51. The van der Waals surface area contributed by atoms with E-state index < -0.39 is 10.0 Å². The van der Waals surface area contributed by atoms with E-state index in [2.05, 4.69) is 5.32 Å². The van der Waals surface area contributed by atoms with Crippen molar-refractivity contribution in [2.45, 2.75) is 13.0 Å². The molecule has 6 nitrogen and oxygen atoms in total. The van der Waals surface area contributed by atoms with Gasteiger partial charge in [0.15, 0.2) is 0 Å². The van der Waals surface area contributed by atoms with Gasteiger partial charge in [0.1, 0.15) is 0 Å². The molecular weight excluding hydrogens is 338 g/mol. The van der Waals surface area contributed by atoms with Gasteiger partial charge in [-0.1, -0.05) is 30.3 Å². The first-order valence-electron chi connectivity index (χ1n) is 7.68. The number of rotatable bonds is 7. The minimum absolute atomic E-state index is 0.0331. The highest BCUT2D eigenvalue weighted by Gasteiger charge is 2.18. The number of carbonyl (C=O) groups excluding carboxylic acids is 1. The molecule has 1 amide bonds. The molecule has 0 aliphatic heterocycles. The number of sulfonamides is 1. The molecule has 0 heterocycles. The SMILES string of the molecule is CS(=O)(=O)N(CCC(=O)NCc1ccccc1)c1ccc(C#N)cc1. The topological polar surface area (TPSA) is 90.3 Å². The van der Waals surface area contributed by atoms with Crippen LogP contribution in [0, 0.1) is 11.3 Å². The number of hydrogen-bond acceptors (Lipinski definition) is 4. The van der Waals surface area contributed by atoms with Gasteiger partial charge in [-0.3, -0.25) is 9.10 Å². The van der Waals surface area contributed by atoms with E-state index in [0.29, 0.717) is 17.8 Å². The van der Waals surface area contributed by atoms with E-state index in [1.807, 2.05) is 36.4 Å². The van der Waals surface area contributed by atoms with Gasteiger partial charge in [0.2, 0.25) is 15.9 Å². The van der Waals surface area contributed by atoms with Crippen LogP contribution in [0.1, 0.15) is 17.5 Å². The van der Waals surface area contributed by atoms with Crippen molar-refractivity contribution in [1.29, 1.82) is 5.26 Å². The molecule has 0 fully saturated rings. The van der Waals surface area contributed by atoms with E-state index in [-0.39, 0.29) is 18.9 Å². The molecule has 130 valence electrons. The van der Waals surface area contributed by atoms with Gasteiger partial charge in [0, 0.05) is 19.5 Å². The van der Waals surface area contributed by atoms with Gasteiger partial charge >= 0.3 is 0 Å². The average Bonchev–Trinajstić information content (AvgIpc) is 2.60. The van der Waals surface area contributed by atoms with E-state index in [1.54, 1.807) is 24.3 Å². The highest BCUT2D eigenvalue weighted by atomic mass is 32.2. The third-order valence-corrected chi connectivity index (χ3v) is 4.75. The van der Waals surface area contributed by atoms with Crippen molar-refractivity contribution in [3.05, 3.63) is 65.7 Å². The molecule has 0 saturated carbocycles. The summed E-state index contributed by atoms with van der Waals surface area (Å²) in [6.45, 7) is 0.431. The first-order valence-corrected chi connectivity index (χ1v) is 9.53. The lowest BCUT2D eigenvalue weighted by atomic mass is 10.2. The van der Waals surface area contributed by atoms with Crippen LogP contribution in [0.2, 0.25) is 0 Å². The standard InChI is InChI=1S/C18H19N3O3S/c1-25(23,24)21(17-9-7-15(13-19)8-10-17)12-11-18(22)20-14-16-5-3-2-4-6-16/h2-10H,11-12,14H2,1H3,(H,20,22). The number of benzene rings is 2. The summed E-state index contributed by atoms with van der Waals surface area (Å²) in [6.07, 6.45) is 1.13. The maximum absolute atomic E-state index is 12.0. The number of nitrogens with one attached hydrogen (secondary N) is 1. The molecule has 0 aliphatic carbocycles. The Hall–Kier alpha value is -2.85. The molecule has 2 aromatic carbocycles. The van der Waals surface area contributed by atoms with Crippen molar-refractivity contribution in [2.75, 3.05) is 17.1 Å². The predicted molar refractivity (Wildman–Crippen MR) is 96.3 cm³/mol. The van der Waals surface area contributed by atoms with Gasteiger partial charge in [-0.25, -0.2) is 8.42 Å². The number of amides is 1.